The summed E-state index contributed by atoms with van der Waals surface area (Å²) >= 11 is 0. The number of allylic oxidation sites excluding steroid dienone is 12. The van der Waals surface area contributed by atoms with Gasteiger partial charge in [-0.25, -0.2) is 0 Å². The first-order chi connectivity index (χ1) is 40.5. The maximum absolute atomic E-state index is 12.9. The molecule has 0 amide bonds. The van der Waals surface area contributed by atoms with Crippen molar-refractivity contribution in [1.29, 1.82) is 0 Å². The molecular weight excluding hydrogens is 1010 g/mol. The van der Waals surface area contributed by atoms with Crippen LogP contribution < -0.4 is 0 Å². The normalized spacial score (nSPS) is 12.5. The summed E-state index contributed by atoms with van der Waals surface area (Å²) in [6, 6.07) is 0. The van der Waals surface area contributed by atoms with Crippen LogP contribution in [0.3, 0.4) is 0 Å². The topological polar surface area (TPSA) is 78.9 Å². The highest BCUT2D eigenvalue weighted by Gasteiger charge is 2.19. The zero-order valence-corrected chi connectivity index (χ0v) is 54.8. The van der Waals surface area contributed by atoms with Crippen LogP contribution in [0.2, 0.25) is 0 Å². The molecule has 0 heterocycles. The maximum atomic E-state index is 12.9. The van der Waals surface area contributed by atoms with Crippen molar-refractivity contribution in [2.45, 2.75) is 380 Å². The average molecular weight is 1150 g/mol. The van der Waals surface area contributed by atoms with Crippen LogP contribution in [-0.4, -0.2) is 37.2 Å². The zero-order valence-electron chi connectivity index (χ0n) is 54.8. The lowest BCUT2D eigenvalue weighted by Gasteiger charge is -2.18. The SMILES string of the molecule is CC/C=C\C/C=C\C/C=C\C/C=C\C/C=C\CCCCCCCCCCCC(=O)OC(COC(=O)CCCCCCC/C=C\CCCC)COC(=O)CCCCCCCCCCCCCCCCCCCCCCCCCCCCCC. The molecule has 6 heteroatoms. The third-order valence-electron chi connectivity index (χ3n) is 15.9. The molecule has 1 atom stereocenters. The van der Waals surface area contributed by atoms with Gasteiger partial charge in [-0.2, -0.15) is 0 Å². The van der Waals surface area contributed by atoms with Crippen molar-refractivity contribution in [3.63, 3.8) is 0 Å². The fourth-order valence-electron chi connectivity index (χ4n) is 10.6. The lowest BCUT2D eigenvalue weighted by Crippen LogP contribution is -2.30. The van der Waals surface area contributed by atoms with Gasteiger partial charge in [0.25, 0.3) is 0 Å². The summed E-state index contributed by atoms with van der Waals surface area (Å²) in [6.07, 6.45) is 92.3. The van der Waals surface area contributed by atoms with Crippen LogP contribution in [0.25, 0.3) is 0 Å². The predicted molar refractivity (Wildman–Crippen MR) is 358 cm³/mol. The molecule has 0 aromatic carbocycles. The number of esters is 3. The second kappa shape index (κ2) is 70.3. The van der Waals surface area contributed by atoms with Crippen LogP contribution in [0.5, 0.6) is 0 Å². The van der Waals surface area contributed by atoms with Gasteiger partial charge in [0, 0.05) is 19.3 Å². The van der Waals surface area contributed by atoms with Gasteiger partial charge in [-0.1, -0.05) is 344 Å². The Morgan fingerprint density at radius 2 is 0.488 bits per heavy atom. The molecule has 6 nitrogen and oxygen atoms in total. The van der Waals surface area contributed by atoms with E-state index in [4.69, 9.17) is 14.2 Å². The van der Waals surface area contributed by atoms with E-state index in [-0.39, 0.29) is 31.1 Å². The predicted octanol–water partition coefficient (Wildman–Crippen LogP) is 24.8. The molecule has 0 aromatic heterocycles. The summed E-state index contributed by atoms with van der Waals surface area (Å²) in [5, 5.41) is 0. The highest BCUT2D eigenvalue weighted by Crippen LogP contribution is 2.18. The van der Waals surface area contributed by atoms with E-state index in [2.05, 4.69) is 93.7 Å². The van der Waals surface area contributed by atoms with Crippen molar-refractivity contribution >= 4 is 17.9 Å². The van der Waals surface area contributed by atoms with E-state index in [0.717, 1.165) is 103 Å². The molecule has 0 aliphatic rings. The van der Waals surface area contributed by atoms with Crippen LogP contribution >= 0.6 is 0 Å². The first-order valence-electron chi connectivity index (χ1n) is 35.9. The van der Waals surface area contributed by atoms with Crippen molar-refractivity contribution in [3.8, 4) is 0 Å². The number of unbranched alkanes of at least 4 members (excludes halogenated alkanes) is 43. The minimum Gasteiger partial charge on any atom is -0.462 e. The molecular formula is C76H136O6. The van der Waals surface area contributed by atoms with Crippen LogP contribution in [0, 0.1) is 0 Å². The van der Waals surface area contributed by atoms with Gasteiger partial charge in [0.2, 0.25) is 0 Å². The second-order valence-corrected chi connectivity index (χ2v) is 24.1. The van der Waals surface area contributed by atoms with E-state index in [9.17, 15) is 14.4 Å². The molecule has 0 saturated heterocycles. The first kappa shape index (κ1) is 78.8. The van der Waals surface area contributed by atoms with E-state index in [1.54, 1.807) is 0 Å². The Morgan fingerprint density at radius 3 is 0.793 bits per heavy atom. The minimum atomic E-state index is -0.782. The Morgan fingerprint density at radius 1 is 0.256 bits per heavy atom. The molecule has 0 spiro atoms. The van der Waals surface area contributed by atoms with Gasteiger partial charge < -0.3 is 14.2 Å². The van der Waals surface area contributed by atoms with E-state index in [0.29, 0.717) is 19.3 Å². The van der Waals surface area contributed by atoms with Crippen molar-refractivity contribution in [2.24, 2.45) is 0 Å². The molecule has 1 unspecified atom stereocenters. The largest absolute Gasteiger partial charge is 0.462 e. The summed E-state index contributed by atoms with van der Waals surface area (Å²) in [7, 11) is 0. The van der Waals surface area contributed by atoms with Gasteiger partial charge in [0.1, 0.15) is 13.2 Å². The summed E-state index contributed by atoms with van der Waals surface area (Å²) < 4.78 is 17.0. The number of ether oxygens (including phenoxy) is 3. The van der Waals surface area contributed by atoms with Crippen LogP contribution in [0.15, 0.2) is 72.9 Å². The molecule has 0 rings (SSSR count). The van der Waals surface area contributed by atoms with Crippen molar-refractivity contribution in [1.82, 2.24) is 0 Å². The quantitative estimate of drug-likeness (QED) is 0.0261. The summed E-state index contributed by atoms with van der Waals surface area (Å²) in [5.41, 5.74) is 0. The smallest absolute Gasteiger partial charge is 0.306 e. The Hall–Kier alpha value is -3.15. The number of carbonyl (C=O) groups is 3. The van der Waals surface area contributed by atoms with Gasteiger partial charge in [-0.05, 0) is 83.5 Å². The molecule has 0 aliphatic carbocycles. The molecule has 82 heavy (non-hydrogen) atoms. The molecule has 0 aromatic rings. The Kier molecular flexibility index (Phi) is 67.6. The first-order valence-corrected chi connectivity index (χ1v) is 35.9. The molecule has 0 saturated carbocycles. The molecule has 0 fully saturated rings. The van der Waals surface area contributed by atoms with Crippen LogP contribution in [0.4, 0.5) is 0 Å². The lowest BCUT2D eigenvalue weighted by atomic mass is 10.0. The van der Waals surface area contributed by atoms with Crippen molar-refractivity contribution in [3.05, 3.63) is 72.9 Å². The minimum absolute atomic E-state index is 0.0768. The second-order valence-electron chi connectivity index (χ2n) is 24.1. The summed E-state index contributed by atoms with van der Waals surface area (Å²) in [5.74, 6) is -0.873. The Bertz CT molecular complexity index is 1500. The van der Waals surface area contributed by atoms with Crippen LogP contribution in [-0.2, 0) is 28.6 Å². The summed E-state index contributed by atoms with van der Waals surface area (Å²) in [4.78, 5) is 38.4. The lowest BCUT2D eigenvalue weighted by molar-refractivity contribution is -0.167. The number of rotatable bonds is 66. The average Bonchev–Trinajstić information content (AvgIpc) is 3.48. The Balaban J connectivity index is 4.19. The molecule has 476 valence electrons. The van der Waals surface area contributed by atoms with Gasteiger partial charge in [0.15, 0.2) is 6.10 Å². The highest BCUT2D eigenvalue weighted by molar-refractivity contribution is 5.71. The number of carbonyl (C=O) groups excluding carboxylic acids is 3. The third kappa shape index (κ3) is 67.6. The highest BCUT2D eigenvalue weighted by atomic mass is 16.6. The van der Waals surface area contributed by atoms with Crippen molar-refractivity contribution in [2.75, 3.05) is 13.2 Å². The van der Waals surface area contributed by atoms with E-state index < -0.39 is 6.10 Å². The van der Waals surface area contributed by atoms with E-state index >= 15 is 0 Å². The van der Waals surface area contributed by atoms with Gasteiger partial charge >= 0.3 is 17.9 Å². The van der Waals surface area contributed by atoms with E-state index in [1.807, 2.05) is 0 Å². The standard InChI is InChI=1S/C76H136O6/c1-4-7-10-13-16-19-22-24-26-28-30-32-34-36-37-38-40-41-43-45-47-49-51-54-57-60-63-66-69-75(78)81-72-73(71-80-74(77)68-65-62-59-56-53-21-18-15-12-9-6-3)82-76(79)70-67-64-61-58-55-52-50-48-46-44-42-39-35-33-31-29-27-25-23-20-17-14-11-8-5-2/h8,11,15,17-18,20,25,27,31,33,39,42,73H,4-7,9-10,12-14,16,19,21-24,26,28-30,32,34-38,40-41,43-72H2,1-3H3/b11-8-,18-15-,20-17-,27-25-,33-31-,42-39-. The molecule has 0 aliphatic heterocycles. The zero-order chi connectivity index (χ0) is 59.2. The van der Waals surface area contributed by atoms with Gasteiger partial charge in [0.05, 0.1) is 0 Å². The van der Waals surface area contributed by atoms with Gasteiger partial charge in [-0.3, -0.25) is 14.4 Å². The molecule has 0 bridgehead atoms. The number of hydrogen-bond donors (Lipinski definition) is 0. The van der Waals surface area contributed by atoms with Crippen LogP contribution in [0.1, 0.15) is 374 Å². The third-order valence-corrected chi connectivity index (χ3v) is 15.9. The number of hydrogen-bond acceptors (Lipinski definition) is 6. The maximum Gasteiger partial charge on any atom is 0.306 e. The fraction of sp³-hybridized carbons (Fsp3) is 0.803. The molecule has 0 N–H and O–H groups in total. The van der Waals surface area contributed by atoms with E-state index in [1.165, 1.54) is 231 Å². The van der Waals surface area contributed by atoms with Gasteiger partial charge in [-0.15, -0.1) is 0 Å². The monoisotopic (exact) mass is 1150 g/mol. The fourth-order valence-corrected chi connectivity index (χ4v) is 10.6. The molecule has 0 radical (unpaired) electrons. The van der Waals surface area contributed by atoms with Crippen molar-refractivity contribution < 1.29 is 28.6 Å². The summed E-state index contributed by atoms with van der Waals surface area (Å²) in [6.45, 7) is 6.53. The Labute approximate surface area is 510 Å².